The predicted molar refractivity (Wildman–Crippen MR) is 82.2 cm³/mol. The molecule has 0 N–H and O–H groups in total. The Bertz CT molecular complexity index is 529. The van der Waals surface area contributed by atoms with Gasteiger partial charge in [0.2, 0.25) is 0 Å². The van der Waals surface area contributed by atoms with E-state index < -0.39 is 0 Å². The number of alkyl halides is 1. The highest BCUT2D eigenvalue weighted by atomic mass is 35.5. The molecule has 0 saturated heterocycles. The minimum absolute atomic E-state index is 0.462. The summed E-state index contributed by atoms with van der Waals surface area (Å²) in [6.45, 7) is 0.852. The number of benzene rings is 1. The highest BCUT2D eigenvalue weighted by Gasteiger charge is 2.11. The number of hydrogen-bond acceptors (Lipinski definition) is 2. The van der Waals surface area contributed by atoms with Gasteiger partial charge in [-0.15, -0.1) is 11.6 Å². The molecular weight excluding hydrogens is 279 g/mol. The van der Waals surface area contributed by atoms with Gasteiger partial charge >= 0.3 is 0 Å². The molecule has 0 unspecified atom stereocenters. The summed E-state index contributed by atoms with van der Waals surface area (Å²) in [5.74, 6) is 0.462. The molecule has 0 bridgehead atoms. The van der Waals surface area contributed by atoms with Crippen molar-refractivity contribution in [2.75, 3.05) is 18.5 Å². The fourth-order valence-electron chi connectivity index (χ4n) is 2.04. The van der Waals surface area contributed by atoms with Gasteiger partial charge in [-0.2, -0.15) is 0 Å². The smallest absolute Gasteiger partial charge is 0.0642 e. The van der Waals surface area contributed by atoms with Crippen LogP contribution in [0.25, 0.3) is 0 Å². The molecular formula is C15H16Cl2N2. The molecule has 100 valence electrons. The number of rotatable bonds is 5. The quantitative estimate of drug-likeness (QED) is 0.770. The van der Waals surface area contributed by atoms with Gasteiger partial charge < -0.3 is 4.90 Å². The van der Waals surface area contributed by atoms with Gasteiger partial charge in [0.1, 0.15) is 0 Å². The highest BCUT2D eigenvalue weighted by molar-refractivity contribution is 6.33. The number of halogens is 2. The molecule has 0 amide bonds. The van der Waals surface area contributed by atoms with E-state index in [2.05, 4.69) is 9.88 Å². The Labute approximate surface area is 124 Å². The summed E-state index contributed by atoms with van der Waals surface area (Å²) < 4.78 is 0. The molecule has 0 fully saturated rings. The van der Waals surface area contributed by atoms with Crippen LogP contribution < -0.4 is 4.90 Å². The molecule has 0 aliphatic rings. The second-order valence-corrected chi connectivity index (χ2v) is 5.05. The maximum absolute atomic E-state index is 6.27. The summed E-state index contributed by atoms with van der Waals surface area (Å²) in [5, 5.41) is 0.738. The molecule has 1 aromatic heterocycles. The topological polar surface area (TPSA) is 16.1 Å². The minimum atomic E-state index is 0.462. The average Bonchev–Trinajstić information content (AvgIpc) is 2.45. The largest absolute Gasteiger partial charge is 0.373 e. The maximum atomic E-state index is 6.27. The van der Waals surface area contributed by atoms with E-state index in [-0.39, 0.29) is 0 Å². The molecule has 1 heterocycles. The van der Waals surface area contributed by atoms with Crippen molar-refractivity contribution >= 4 is 28.9 Å². The number of para-hydroxylation sites is 1. The van der Waals surface area contributed by atoms with Gasteiger partial charge in [0.05, 0.1) is 10.7 Å². The Morgan fingerprint density at radius 2 is 2.00 bits per heavy atom. The lowest BCUT2D eigenvalue weighted by Crippen LogP contribution is -2.22. The molecule has 0 saturated carbocycles. The lowest BCUT2D eigenvalue weighted by molar-refractivity contribution is 0.849. The van der Waals surface area contributed by atoms with Crippen molar-refractivity contribution < 1.29 is 0 Å². The van der Waals surface area contributed by atoms with E-state index in [1.165, 1.54) is 0 Å². The van der Waals surface area contributed by atoms with E-state index in [0.717, 1.165) is 34.9 Å². The van der Waals surface area contributed by atoms with Crippen LogP contribution in [0.5, 0.6) is 0 Å². The first-order chi connectivity index (χ1) is 9.22. The Morgan fingerprint density at radius 1 is 1.16 bits per heavy atom. The van der Waals surface area contributed by atoms with Crippen molar-refractivity contribution in [2.45, 2.75) is 12.3 Å². The van der Waals surface area contributed by atoms with Gasteiger partial charge in [0.15, 0.2) is 0 Å². The van der Waals surface area contributed by atoms with E-state index in [1.807, 2.05) is 49.6 Å². The van der Waals surface area contributed by atoms with Crippen LogP contribution in [0.15, 0.2) is 42.6 Å². The van der Waals surface area contributed by atoms with Crippen LogP contribution in [0.4, 0.5) is 5.69 Å². The van der Waals surface area contributed by atoms with E-state index in [9.17, 15) is 0 Å². The molecule has 1 aromatic carbocycles. The first kappa shape index (κ1) is 14.2. The van der Waals surface area contributed by atoms with E-state index in [0.29, 0.717) is 5.88 Å². The van der Waals surface area contributed by atoms with Gasteiger partial charge in [-0.25, -0.2) is 0 Å². The monoisotopic (exact) mass is 294 g/mol. The first-order valence-corrected chi connectivity index (χ1v) is 7.08. The van der Waals surface area contributed by atoms with Crippen molar-refractivity contribution in [2.24, 2.45) is 0 Å². The van der Waals surface area contributed by atoms with Crippen LogP contribution >= 0.6 is 23.2 Å². The predicted octanol–water partition coefficient (Wildman–Crippen LogP) is 4.15. The zero-order chi connectivity index (χ0) is 13.7. The Balaban J connectivity index is 2.10. The Kier molecular flexibility index (Phi) is 5.06. The fraction of sp³-hybridized carbons (Fsp3) is 0.267. The second kappa shape index (κ2) is 6.78. The Hall–Kier alpha value is -1.25. The van der Waals surface area contributed by atoms with Crippen LogP contribution in [0.2, 0.25) is 5.02 Å². The van der Waals surface area contributed by atoms with Crippen molar-refractivity contribution in [1.29, 1.82) is 0 Å². The normalized spacial score (nSPS) is 10.5. The Morgan fingerprint density at radius 3 is 2.68 bits per heavy atom. The second-order valence-electron chi connectivity index (χ2n) is 4.37. The molecule has 2 rings (SSSR count). The average molecular weight is 295 g/mol. The SMILES string of the molecule is CN(CCc1ccccn1)c1c(Cl)cccc1CCl. The third-order valence-electron chi connectivity index (χ3n) is 3.03. The number of aromatic nitrogens is 1. The third kappa shape index (κ3) is 3.62. The number of hydrogen-bond donors (Lipinski definition) is 0. The summed E-state index contributed by atoms with van der Waals surface area (Å²) >= 11 is 12.2. The van der Waals surface area contributed by atoms with Crippen LogP contribution in [-0.4, -0.2) is 18.6 Å². The molecule has 0 aliphatic heterocycles. The summed E-state index contributed by atoms with van der Waals surface area (Å²) in [5.41, 5.74) is 3.14. The zero-order valence-corrected chi connectivity index (χ0v) is 12.3. The van der Waals surface area contributed by atoms with Crippen LogP contribution in [0.1, 0.15) is 11.3 Å². The summed E-state index contributed by atoms with van der Waals surface area (Å²) in [6, 6.07) is 11.8. The molecule has 0 radical (unpaired) electrons. The van der Waals surface area contributed by atoms with E-state index >= 15 is 0 Å². The number of pyridine rings is 1. The highest BCUT2D eigenvalue weighted by Crippen LogP contribution is 2.30. The molecule has 4 heteroatoms. The van der Waals surface area contributed by atoms with Crippen molar-refractivity contribution in [1.82, 2.24) is 4.98 Å². The standard InChI is InChI=1S/C15H16Cl2N2/c1-19(10-8-13-6-2-3-9-18-13)15-12(11-16)5-4-7-14(15)17/h2-7,9H,8,10-11H2,1H3. The molecule has 0 spiro atoms. The molecule has 0 atom stereocenters. The van der Waals surface area contributed by atoms with Gasteiger partial charge in [0.25, 0.3) is 0 Å². The molecule has 19 heavy (non-hydrogen) atoms. The number of anilines is 1. The maximum Gasteiger partial charge on any atom is 0.0642 e. The van der Waals surface area contributed by atoms with Gasteiger partial charge in [-0.05, 0) is 23.8 Å². The molecule has 2 nitrogen and oxygen atoms in total. The summed E-state index contributed by atoms with van der Waals surface area (Å²) in [4.78, 5) is 6.46. The van der Waals surface area contributed by atoms with Crippen LogP contribution in [-0.2, 0) is 12.3 Å². The van der Waals surface area contributed by atoms with Gasteiger partial charge in [-0.1, -0.05) is 29.8 Å². The van der Waals surface area contributed by atoms with Gasteiger partial charge in [0, 0.05) is 37.8 Å². The van der Waals surface area contributed by atoms with Crippen molar-refractivity contribution in [3.63, 3.8) is 0 Å². The fourth-order valence-corrected chi connectivity index (χ4v) is 2.59. The number of nitrogens with zero attached hydrogens (tertiary/aromatic N) is 2. The van der Waals surface area contributed by atoms with E-state index in [1.54, 1.807) is 0 Å². The van der Waals surface area contributed by atoms with Crippen LogP contribution in [0.3, 0.4) is 0 Å². The summed E-state index contributed by atoms with van der Waals surface area (Å²) in [7, 11) is 2.03. The van der Waals surface area contributed by atoms with E-state index in [4.69, 9.17) is 23.2 Å². The van der Waals surface area contributed by atoms with Crippen LogP contribution in [0, 0.1) is 0 Å². The van der Waals surface area contributed by atoms with Gasteiger partial charge in [-0.3, -0.25) is 4.98 Å². The lowest BCUT2D eigenvalue weighted by Gasteiger charge is -2.23. The first-order valence-electron chi connectivity index (χ1n) is 6.16. The lowest BCUT2D eigenvalue weighted by atomic mass is 10.1. The van der Waals surface area contributed by atoms with Crippen molar-refractivity contribution in [3.8, 4) is 0 Å². The third-order valence-corrected chi connectivity index (χ3v) is 3.62. The minimum Gasteiger partial charge on any atom is -0.373 e. The summed E-state index contributed by atoms with van der Waals surface area (Å²) in [6.07, 6.45) is 2.69. The zero-order valence-electron chi connectivity index (χ0n) is 10.8. The van der Waals surface area contributed by atoms with Crippen molar-refractivity contribution in [3.05, 3.63) is 58.9 Å². The number of likely N-dealkylation sites (N-methyl/N-ethyl adjacent to an activating group) is 1. The molecule has 2 aromatic rings. The molecule has 0 aliphatic carbocycles.